The number of benzene rings is 1. The summed E-state index contributed by atoms with van der Waals surface area (Å²) in [6, 6.07) is 2.39. The van der Waals surface area contributed by atoms with Gasteiger partial charge in [-0.05, 0) is 33.2 Å². The molecule has 1 aliphatic rings. The highest BCUT2D eigenvalue weighted by molar-refractivity contribution is 7.82. The largest absolute Gasteiger partial charge is 0.456 e. The number of carbonyl (C=O) groups excluding carboxylic acids is 1. The molecule has 0 saturated carbocycles. The molecule has 0 spiro atoms. The molecule has 7 nitrogen and oxygen atoms in total. The van der Waals surface area contributed by atoms with E-state index >= 15 is 0 Å². The molecule has 1 aromatic carbocycles. The van der Waals surface area contributed by atoms with Crippen molar-refractivity contribution in [1.82, 2.24) is 9.80 Å². The molecule has 0 N–H and O–H groups in total. The SMILES string of the molecule is C=CCON=C(C)COC(=O)c1cc(N2C(S)N(C)C(S)N(C)C2S)c(F)cc1Cl. The fourth-order valence-electron chi connectivity index (χ4n) is 2.65. The van der Waals surface area contributed by atoms with E-state index in [0.29, 0.717) is 5.71 Å². The molecule has 2 unspecified atom stereocenters. The monoisotopic (exact) mass is 494 g/mol. The zero-order chi connectivity index (χ0) is 22.6. The number of rotatable bonds is 7. The van der Waals surface area contributed by atoms with Gasteiger partial charge in [-0.15, -0.1) is 37.9 Å². The number of halogens is 2. The Hall–Kier alpha value is -1.11. The van der Waals surface area contributed by atoms with Crippen LogP contribution in [0.4, 0.5) is 10.1 Å². The smallest absolute Gasteiger partial charge is 0.340 e. The Kier molecular flexibility index (Phi) is 9.19. The first kappa shape index (κ1) is 25.2. The van der Waals surface area contributed by atoms with Gasteiger partial charge in [-0.25, -0.2) is 9.18 Å². The zero-order valence-electron chi connectivity index (χ0n) is 16.7. The highest BCUT2D eigenvalue weighted by atomic mass is 35.5. The molecule has 2 atom stereocenters. The van der Waals surface area contributed by atoms with Crippen LogP contribution in [0.15, 0.2) is 29.9 Å². The van der Waals surface area contributed by atoms with E-state index in [1.54, 1.807) is 35.7 Å². The van der Waals surface area contributed by atoms with Crippen LogP contribution in [0.2, 0.25) is 5.02 Å². The van der Waals surface area contributed by atoms with Gasteiger partial charge in [0.25, 0.3) is 0 Å². The lowest BCUT2D eigenvalue weighted by molar-refractivity contribution is 0.0558. The summed E-state index contributed by atoms with van der Waals surface area (Å²) < 4.78 is 20.0. The number of esters is 1. The minimum Gasteiger partial charge on any atom is -0.456 e. The third kappa shape index (κ3) is 5.57. The summed E-state index contributed by atoms with van der Waals surface area (Å²) in [5.41, 5.74) is -0.841. The molecule has 30 heavy (non-hydrogen) atoms. The second-order valence-electron chi connectivity index (χ2n) is 6.55. The number of nitrogens with zero attached hydrogens (tertiary/aromatic N) is 4. The number of ether oxygens (including phenoxy) is 1. The predicted octanol–water partition coefficient (Wildman–Crippen LogP) is 3.54. The minimum absolute atomic E-state index is 0.00671. The molecule has 12 heteroatoms. The molecule has 0 bridgehead atoms. The first-order valence-electron chi connectivity index (χ1n) is 8.79. The summed E-state index contributed by atoms with van der Waals surface area (Å²) in [6.07, 6.45) is 1.54. The van der Waals surface area contributed by atoms with Crippen molar-refractivity contribution in [2.45, 2.75) is 23.4 Å². The van der Waals surface area contributed by atoms with Gasteiger partial charge in [-0.3, -0.25) is 9.80 Å². The van der Waals surface area contributed by atoms with Crippen LogP contribution in [0.5, 0.6) is 0 Å². The molecule has 166 valence electrons. The van der Waals surface area contributed by atoms with E-state index in [1.807, 2.05) is 0 Å². The molecule has 0 aliphatic carbocycles. The van der Waals surface area contributed by atoms with Gasteiger partial charge < -0.3 is 14.5 Å². The van der Waals surface area contributed by atoms with Gasteiger partial charge in [0, 0.05) is 0 Å². The van der Waals surface area contributed by atoms with E-state index in [0.717, 1.165) is 6.07 Å². The maximum Gasteiger partial charge on any atom is 0.340 e. The van der Waals surface area contributed by atoms with Crippen molar-refractivity contribution >= 4 is 66.9 Å². The first-order valence-corrected chi connectivity index (χ1v) is 10.7. The average molecular weight is 495 g/mol. The number of anilines is 1. The van der Waals surface area contributed by atoms with Gasteiger partial charge in [-0.1, -0.05) is 29.4 Å². The molecule has 0 radical (unpaired) electrons. The van der Waals surface area contributed by atoms with Crippen molar-refractivity contribution in [3.63, 3.8) is 0 Å². The number of oxime groups is 1. The van der Waals surface area contributed by atoms with E-state index in [4.69, 9.17) is 21.2 Å². The van der Waals surface area contributed by atoms with Crippen LogP contribution in [0.25, 0.3) is 0 Å². The molecule has 1 heterocycles. The number of carbonyl (C=O) groups is 1. The van der Waals surface area contributed by atoms with Crippen LogP contribution >= 0.6 is 49.5 Å². The van der Waals surface area contributed by atoms with Crippen LogP contribution in [0.1, 0.15) is 17.3 Å². The molecule has 1 saturated heterocycles. The van der Waals surface area contributed by atoms with Crippen LogP contribution in [-0.2, 0) is 9.57 Å². The fourth-order valence-corrected chi connectivity index (χ4v) is 4.20. The maximum absolute atomic E-state index is 14.8. The van der Waals surface area contributed by atoms with Crippen LogP contribution < -0.4 is 4.90 Å². The Morgan fingerprint density at radius 3 is 2.43 bits per heavy atom. The van der Waals surface area contributed by atoms with Crippen molar-refractivity contribution in [2.24, 2.45) is 5.16 Å². The predicted molar refractivity (Wildman–Crippen MR) is 127 cm³/mol. The van der Waals surface area contributed by atoms with Crippen molar-refractivity contribution < 1.29 is 18.8 Å². The van der Waals surface area contributed by atoms with Gasteiger partial charge in [0.2, 0.25) is 0 Å². The van der Waals surface area contributed by atoms with E-state index in [9.17, 15) is 9.18 Å². The Bertz CT molecular complexity index is 816. The molecule has 1 fully saturated rings. The standard InChI is InChI=1S/C18H24ClFN4O3S3/c1-5-6-27-21-10(2)9-26-15(25)11-7-14(13(20)8-12(11)19)24-17(29)22(3)16(28)23(4)18(24)30/h5,7-8,16-18,28-30H,1,6,9H2,2-4H3. The summed E-state index contributed by atoms with van der Waals surface area (Å²) >= 11 is 19.7. The summed E-state index contributed by atoms with van der Waals surface area (Å²) in [4.78, 5) is 22.7. The van der Waals surface area contributed by atoms with E-state index in [1.165, 1.54) is 12.1 Å². The Morgan fingerprint density at radius 1 is 1.27 bits per heavy atom. The summed E-state index contributed by atoms with van der Waals surface area (Å²) in [6.45, 7) is 5.27. The number of hydrogen-bond donors (Lipinski definition) is 3. The number of thiol groups is 3. The summed E-state index contributed by atoms with van der Waals surface area (Å²) in [7, 11) is 3.58. The van der Waals surface area contributed by atoms with Crippen molar-refractivity contribution in [3.05, 3.63) is 41.2 Å². The molecular formula is C18H24ClFN4O3S3. The lowest BCUT2D eigenvalue weighted by Crippen LogP contribution is -2.64. The van der Waals surface area contributed by atoms with Crippen molar-refractivity contribution in [2.75, 3.05) is 32.2 Å². The fraction of sp³-hybridized carbons (Fsp3) is 0.444. The van der Waals surface area contributed by atoms with E-state index in [2.05, 4.69) is 49.6 Å². The maximum atomic E-state index is 14.8. The van der Waals surface area contributed by atoms with Crippen LogP contribution in [-0.4, -0.2) is 65.3 Å². The molecule has 1 aliphatic heterocycles. The average Bonchev–Trinajstić information content (AvgIpc) is 2.70. The van der Waals surface area contributed by atoms with E-state index in [-0.39, 0.29) is 35.0 Å². The van der Waals surface area contributed by atoms with Crippen LogP contribution in [0, 0.1) is 5.82 Å². The quantitative estimate of drug-likeness (QED) is 0.135. The molecule has 1 aromatic rings. The lowest BCUT2D eigenvalue weighted by Gasteiger charge is -2.52. The second-order valence-corrected chi connectivity index (χ2v) is 8.34. The zero-order valence-corrected chi connectivity index (χ0v) is 20.1. The van der Waals surface area contributed by atoms with Gasteiger partial charge in [0.15, 0.2) is 0 Å². The number of hydrogen-bond acceptors (Lipinski definition) is 10. The van der Waals surface area contributed by atoms with Crippen molar-refractivity contribution in [1.29, 1.82) is 0 Å². The molecule has 0 amide bonds. The normalized spacial score (nSPS) is 23.4. The van der Waals surface area contributed by atoms with Gasteiger partial charge in [0.1, 0.15) is 35.5 Å². The second kappa shape index (κ2) is 11.0. The Morgan fingerprint density at radius 2 is 1.87 bits per heavy atom. The first-order chi connectivity index (χ1) is 14.1. The molecule has 0 aromatic heterocycles. The Labute approximate surface area is 197 Å². The third-order valence-corrected chi connectivity index (χ3v) is 6.58. The summed E-state index contributed by atoms with van der Waals surface area (Å²) in [5.74, 6) is -1.35. The third-order valence-electron chi connectivity index (χ3n) is 4.31. The highest BCUT2D eigenvalue weighted by Gasteiger charge is 2.40. The minimum atomic E-state index is -0.725. The topological polar surface area (TPSA) is 57.6 Å². The summed E-state index contributed by atoms with van der Waals surface area (Å²) in [5, 5.41) is 3.71. The van der Waals surface area contributed by atoms with E-state index < -0.39 is 22.8 Å². The van der Waals surface area contributed by atoms with Gasteiger partial charge in [-0.2, -0.15) is 0 Å². The molecular weight excluding hydrogens is 471 g/mol. The van der Waals surface area contributed by atoms with Gasteiger partial charge in [0.05, 0.1) is 22.0 Å². The highest BCUT2D eigenvalue weighted by Crippen LogP contribution is 2.37. The van der Waals surface area contributed by atoms with Gasteiger partial charge >= 0.3 is 5.97 Å². The van der Waals surface area contributed by atoms with Crippen molar-refractivity contribution in [3.8, 4) is 0 Å². The lowest BCUT2D eigenvalue weighted by atomic mass is 10.1. The van der Waals surface area contributed by atoms with Crippen LogP contribution in [0.3, 0.4) is 0 Å². The Balaban J connectivity index is 2.28. The molecule has 2 rings (SSSR count).